The second-order valence-corrected chi connectivity index (χ2v) is 8.27. The second kappa shape index (κ2) is 8.49. The van der Waals surface area contributed by atoms with E-state index in [0.29, 0.717) is 12.6 Å². The van der Waals surface area contributed by atoms with Crippen molar-refractivity contribution in [2.45, 2.75) is 45.1 Å². The molecule has 1 amide bonds. The summed E-state index contributed by atoms with van der Waals surface area (Å²) in [5, 5.41) is 0. The highest BCUT2D eigenvalue weighted by atomic mass is 79.9. The predicted molar refractivity (Wildman–Crippen MR) is 105 cm³/mol. The van der Waals surface area contributed by atoms with Crippen LogP contribution in [0.3, 0.4) is 0 Å². The van der Waals surface area contributed by atoms with Crippen molar-refractivity contribution in [1.29, 1.82) is 0 Å². The molecule has 0 radical (unpaired) electrons. The Morgan fingerprint density at radius 3 is 2.56 bits per heavy atom. The molecule has 1 aromatic heterocycles. The van der Waals surface area contributed by atoms with Gasteiger partial charge in [-0.05, 0) is 47.3 Å². The van der Waals surface area contributed by atoms with Crippen molar-refractivity contribution in [2.24, 2.45) is 0 Å². The summed E-state index contributed by atoms with van der Waals surface area (Å²) >= 11 is 3.47. The van der Waals surface area contributed by atoms with Crippen LogP contribution in [0, 0.1) is 6.92 Å². The smallest absolute Gasteiger partial charge is 0.236 e. The zero-order chi connectivity index (χ0) is 17.8. The molecule has 2 aliphatic rings. The Kier molecular flexibility index (Phi) is 6.34. The first-order chi connectivity index (χ1) is 12.0. The van der Waals surface area contributed by atoms with Crippen LogP contribution >= 0.6 is 15.9 Å². The Morgan fingerprint density at radius 2 is 1.92 bits per heavy atom. The predicted octanol–water partition coefficient (Wildman–Crippen LogP) is 3.07. The molecule has 0 aromatic carbocycles. The number of carbonyl (C=O) groups excluding carboxylic acids is 1. The molecular formula is C19H29BrN4O. The standard InChI is InChI=1S/C19H29BrN4O/c1-15-12-16(20)13-21-19(15)24-10-8-23(9-11-24)14-18(25)22(2)17-6-4-3-5-7-17/h12-13,17H,3-11,14H2,1-2H3. The maximum absolute atomic E-state index is 12.6. The molecule has 1 aliphatic heterocycles. The van der Waals surface area contributed by atoms with Gasteiger partial charge in [-0.1, -0.05) is 19.3 Å². The summed E-state index contributed by atoms with van der Waals surface area (Å²) in [5.41, 5.74) is 1.19. The third-order valence-electron chi connectivity index (χ3n) is 5.56. The molecule has 1 saturated carbocycles. The van der Waals surface area contributed by atoms with Crippen LogP contribution in [0.15, 0.2) is 16.7 Å². The lowest BCUT2D eigenvalue weighted by Crippen LogP contribution is -2.51. The van der Waals surface area contributed by atoms with Gasteiger partial charge in [0, 0.05) is 49.9 Å². The number of likely N-dealkylation sites (N-methyl/N-ethyl adjacent to an activating group) is 1. The number of halogens is 1. The summed E-state index contributed by atoms with van der Waals surface area (Å²) in [6, 6.07) is 2.56. The molecule has 0 unspecified atom stereocenters. The molecule has 25 heavy (non-hydrogen) atoms. The fourth-order valence-corrected chi connectivity index (χ4v) is 4.40. The normalized spacial score (nSPS) is 19.9. The van der Waals surface area contributed by atoms with Crippen LogP contribution in [0.1, 0.15) is 37.7 Å². The number of aromatic nitrogens is 1. The number of nitrogens with zero attached hydrogens (tertiary/aromatic N) is 4. The lowest BCUT2D eigenvalue weighted by molar-refractivity contribution is -0.133. The molecule has 1 saturated heterocycles. The quantitative estimate of drug-likeness (QED) is 0.767. The van der Waals surface area contributed by atoms with Gasteiger partial charge in [0.15, 0.2) is 0 Å². The van der Waals surface area contributed by atoms with Crippen molar-refractivity contribution in [3.8, 4) is 0 Å². The summed E-state index contributed by atoms with van der Waals surface area (Å²) in [7, 11) is 1.99. The van der Waals surface area contributed by atoms with E-state index in [2.05, 4.69) is 43.7 Å². The van der Waals surface area contributed by atoms with Crippen molar-refractivity contribution in [2.75, 3.05) is 44.7 Å². The van der Waals surface area contributed by atoms with Gasteiger partial charge in [0.25, 0.3) is 0 Å². The Bertz CT molecular complexity index is 595. The van der Waals surface area contributed by atoms with Gasteiger partial charge in [-0.15, -0.1) is 0 Å². The first-order valence-corrected chi connectivity index (χ1v) is 10.2. The molecule has 0 spiro atoms. The van der Waals surface area contributed by atoms with Crippen molar-refractivity contribution >= 4 is 27.7 Å². The lowest BCUT2D eigenvalue weighted by Gasteiger charge is -2.37. The average molecular weight is 409 g/mol. The van der Waals surface area contributed by atoms with Crippen LogP contribution in [-0.2, 0) is 4.79 Å². The number of anilines is 1. The zero-order valence-electron chi connectivity index (χ0n) is 15.4. The monoisotopic (exact) mass is 408 g/mol. The number of aryl methyl sites for hydroxylation is 1. The summed E-state index contributed by atoms with van der Waals surface area (Å²) in [5.74, 6) is 1.34. The average Bonchev–Trinajstić information content (AvgIpc) is 2.63. The number of piperazine rings is 1. The third kappa shape index (κ3) is 4.73. The van der Waals surface area contributed by atoms with Crippen molar-refractivity contribution in [1.82, 2.24) is 14.8 Å². The van der Waals surface area contributed by atoms with E-state index in [-0.39, 0.29) is 5.91 Å². The van der Waals surface area contributed by atoms with Gasteiger partial charge >= 0.3 is 0 Å². The topological polar surface area (TPSA) is 39.7 Å². The van der Waals surface area contributed by atoms with Crippen molar-refractivity contribution < 1.29 is 4.79 Å². The van der Waals surface area contributed by atoms with Crippen molar-refractivity contribution in [3.05, 3.63) is 22.3 Å². The van der Waals surface area contributed by atoms with E-state index >= 15 is 0 Å². The zero-order valence-corrected chi connectivity index (χ0v) is 17.0. The highest BCUT2D eigenvalue weighted by molar-refractivity contribution is 9.10. The second-order valence-electron chi connectivity index (χ2n) is 7.35. The van der Waals surface area contributed by atoms with Gasteiger partial charge in [0.1, 0.15) is 5.82 Å². The van der Waals surface area contributed by atoms with Crippen LogP contribution in [0.2, 0.25) is 0 Å². The third-order valence-corrected chi connectivity index (χ3v) is 6.00. The molecule has 6 heteroatoms. The fraction of sp³-hybridized carbons (Fsp3) is 0.684. The van der Waals surface area contributed by atoms with Crippen LogP contribution in [0.25, 0.3) is 0 Å². The van der Waals surface area contributed by atoms with Crippen LogP contribution < -0.4 is 4.90 Å². The minimum absolute atomic E-state index is 0.276. The minimum Gasteiger partial charge on any atom is -0.354 e. The van der Waals surface area contributed by atoms with E-state index in [4.69, 9.17) is 0 Å². The molecule has 0 bridgehead atoms. The van der Waals surface area contributed by atoms with Gasteiger partial charge in [0.05, 0.1) is 6.54 Å². The van der Waals surface area contributed by atoms with Crippen LogP contribution in [0.5, 0.6) is 0 Å². The molecule has 0 atom stereocenters. The van der Waals surface area contributed by atoms with E-state index in [1.807, 2.05) is 18.1 Å². The molecule has 3 rings (SSSR count). The number of pyridine rings is 1. The first kappa shape index (κ1) is 18.6. The molecule has 5 nitrogen and oxygen atoms in total. The highest BCUT2D eigenvalue weighted by Crippen LogP contribution is 2.23. The molecule has 0 N–H and O–H groups in total. The van der Waals surface area contributed by atoms with E-state index in [1.165, 1.54) is 37.7 Å². The lowest BCUT2D eigenvalue weighted by atomic mass is 9.94. The fourth-order valence-electron chi connectivity index (χ4n) is 3.96. The van der Waals surface area contributed by atoms with E-state index in [9.17, 15) is 4.79 Å². The highest BCUT2D eigenvalue weighted by Gasteiger charge is 2.25. The van der Waals surface area contributed by atoms with Gasteiger partial charge in [-0.2, -0.15) is 0 Å². The van der Waals surface area contributed by atoms with Gasteiger partial charge < -0.3 is 9.80 Å². The molecule has 2 heterocycles. The van der Waals surface area contributed by atoms with Crippen molar-refractivity contribution in [3.63, 3.8) is 0 Å². The number of amides is 1. The summed E-state index contributed by atoms with van der Waals surface area (Å²) in [6.07, 6.45) is 8.05. The molecular weight excluding hydrogens is 380 g/mol. The summed E-state index contributed by atoms with van der Waals surface area (Å²) < 4.78 is 1.02. The Hall–Kier alpha value is -1.14. The maximum Gasteiger partial charge on any atom is 0.236 e. The molecule has 1 aliphatic carbocycles. The van der Waals surface area contributed by atoms with E-state index in [0.717, 1.165) is 36.5 Å². The van der Waals surface area contributed by atoms with Gasteiger partial charge in [-0.25, -0.2) is 4.98 Å². The van der Waals surface area contributed by atoms with E-state index in [1.54, 1.807) is 0 Å². The van der Waals surface area contributed by atoms with Crippen LogP contribution in [0.4, 0.5) is 5.82 Å². The van der Waals surface area contributed by atoms with E-state index < -0.39 is 0 Å². The summed E-state index contributed by atoms with van der Waals surface area (Å²) in [4.78, 5) is 23.8. The number of hydrogen-bond acceptors (Lipinski definition) is 4. The first-order valence-electron chi connectivity index (χ1n) is 9.39. The minimum atomic E-state index is 0.276. The Balaban J connectivity index is 1.49. The van der Waals surface area contributed by atoms with Crippen LogP contribution in [-0.4, -0.2) is 66.5 Å². The number of rotatable bonds is 4. The number of hydrogen-bond donors (Lipinski definition) is 0. The Morgan fingerprint density at radius 1 is 1.24 bits per heavy atom. The largest absolute Gasteiger partial charge is 0.354 e. The summed E-state index contributed by atoms with van der Waals surface area (Å²) in [6.45, 7) is 6.34. The van der Waals surface area contributed by atoms with Gasteiger partial charge in [-0.3, -0.25) is 9.69 Å². The SMILES string of the molecule is Cc1cc(Br)cnc1N1CCN(CC(=O)N(C)C2CCCCC2)CC1. The van der Waals surface area contributed by atoms with Gasteiger partial charge in [0.2, 0.25) is 5.91 Å². The Labute approximate surface area is 159 Å². The molecule has 1 aromatic rings. The maximum atomic E-state index is 12.6. The molecule has 138 valence electrons. The molecule has 2 fully saturated rings. The number of carbonyl (C=O) groups is 1.